The third-order valence-electron chi connectivity index (χ3n) is 3.40. The van der Waals surface area contributed by atoms with Crippen molar-refractivity contribution in [2.75, 3.05) is 0 Å². The molecule has 0 saturated carbocycles. The molecule has 2 aromatic rings. The highest BCUT2D eigenvalue weighted by Gasteiger charge is 2.33. The molecule has 1 fully saturated rings. The van der Waals surface area contributed by atoms with Crippen LogP contribution >= 0.6 is 22.6 Å². The number of nitrogens with one attached hydrogen (secondary N) is 1. The fraction of sp³-hybridized carbons (Fsp3) is 0.0588. The summed E-state index contributed by atoms with van der Waals surface area (Å²) in [6, 6.07) is 12.8. The van der Waals surface area contributed by atoms with E-state index in [1.54, 1.807) is 18.2 Å². The van der Waals surface area contributed by atoms with Crippen molar-refractivity contribution in [1.29, 1.82) is 0 Å². The molecule has 0 spiro atoms. The molecule has 1 saturated heterocycles. The van der Waals surface area contributed by atoms with E-state index >= 15 is 0 Å². The maximum atomic E-state index is 12.9. The van der Waals surface area contributed by atoms with E-state index in [9.17, 15) is 14.0 Å². The zero-order valence-corrected chi connectivity index (χ0v) is 14.1. The Hall–Kier alpha value is -2.22. The second-order valence-electron chi connectivity index (χ2n) is 5.06. The number of hydrogen-bond acceptors (Lipinski definition) is 2. The molecule has 3 amide bonds. The van der Waals surface area contributed by atoms with E-state index in [0.717, 1.165) is 14.0 Å². The van der Waals surface area contributed by atoms with E-state index in [1.807, 2.05) is 24.3 Å². The first-order valence-corrected chi connectivity index (χ1v) is 7.95. The van der Waals surface area contributed by atoms with Crippen LogP contribution in [0, 0.1) is 9.39 Å². The Morgan fingerprint density at radius 3 is 2.35 bits per heavy atom. The third-order valence-corrected chi connectivity index (χ3v) is 4.12. The molecule has 2 aromatic carbocycles. The van der Waals surface area contributed by atoms with Crippen LogP contribution in [0.4, 0.5) is 9.18 Å². The SMILES string of the molecule is O=C1N/C(=C/c2ccc(I)cc2)C(=O)N1Cc1ccc(F)cc1. The fourth-order valence-corrected chi connectivity index (χ4v) is 2.57. The topological polar surface area (TPSA) is 49.4 Å². The lowest BCUT2D eigenvalue weighted by molar-refractivity contribution is -0.123. The van der Waals surface area contributed by atoms with Crippen LogP contribution in [0.1, 0.15) is 11.1 Å². The molecule has 1 heterocycles. The van der Waals surface area contributed by atoms with Crippen LogP contribution in [0.3, 0.4) is 0 Å². The van der Waals surface area contributed by atoms with Gasteiger partial charge < -0.3 is 5.32 Å². The Bertz CT molecular complexity index is 785. The number of benzene rings is 2. The number of carbonyl (C=O) groups is 2. The van der Waals surface area contributed by atoms with Gasteiger partial charge in [-0.25, -0.2) is 9.18 Å². The summed E-state index contributed by atoms with van der Waals surface area (Å²) in [5.74, 6) is -0.747. The number of amides is 3. The molecule has 0 atom stereocenters. The predicted molar refractivity (Wildman–Crippen MR) is 92.6 cm³/mol. The minimum absolute atomic E-state index is 0.106. The van der Waals surface area contributed by atoms with E-state index in [2.05, 4.69) is 27.9 Å². The van der Waals surface area contributed by atoms with Crippen LogP contribution in [-0.4, -0.2) is 16.8 Å². The van der Waals surface area contributed by atoms with Crippen LogP contribution in [-0.2, 0) is 11.3 Å². The first kappa shape index (κ1) is 15.7. The van der Waals surface area contributed by atoms with Crippen LogP contribution in [0.5, 0.6) is 0 Å². The molecule has 3 rings (SSSR count). The Morgan fingerprint density at radius 1 is 1.04 bits per heavy atom. The standard InChI is InChI=1S/C17H12FIN2O2/c18-13-5-1-12(2-6-13)10-21-16(22)15(20-17(21)23)9-11-3-7-14(19)8-4-11/h1-9H,10H2,(H,20,23)/b15-9+. The van der Waals surface area contributed by atoms with Gasteiger partial charge >= 0.3 is 6.03 Å². The van der Waals surface area contributed by atoms with E-state index in [0.29, 0.717) is 5.56 Å². The lowest BCUT2D eigenvalue weighted by Gasteiger charge is -2.11. The quantitative estimate of drug-likeness (QED) is 0.468. The fourth-order valence-electron chi connectivity index (χ4n) is 2.21. The normalized spacial score (nSPS) is 16.1. The third kappa shape index (κ3) is 3.58. The summed E-state index contributed by atoms with van der Waals surface area (Å²) in [4.78, 5) is 25.4. The molecule has 6 heteroatoms. The van der Waals surface area contributed by atoms with Gasteiger partial charge in [0.15, 0.2) is 0 Å². The summed E-state index contributed by atoms with van der Waals surface area (Å²) in [5, 5.41) is 2.57. The van der Waals surface area contributed by atoms with Crippen molar-refractivity contribution in [3.63, 3.8) is 0 Å². The van der Waals surface area contributed by atoms with Crippen molar-refractivity contribution in [2.24, 2.45) is 0 Å². The summed E-state index contributed by atoms with van der Waals surface area (Å²) >= 11 is 2.19. The van der Waals surface area contributed by atoms with Crippen molar-refractivity contribution in [3.05, 3.63) is 74.7 Å². The van der Waals surface area contributed by atoms with Crippen LogP contribution < -0.4 is 5.32 Å². The first-order chi connectivity index (χ1) is 11.0. The highest BCUT2D eigenvalue weighted by Crippen LogP contribution is 2.17. The number of hydrogen-bond donors (Lipinski definition) is 1. The van der Waals surface area contributed by atoms with Gasteiger partial charge in [-0.3, -0.25) is 9.69 Å². The Kier molecular flexibility index (Phi) is 4.42. The molecular weight excluding hydrogens is 410 g/mol. The smallest absolute Gasteiger partial charge is 0.303 e. The van der Waals surface area contributed by atoms with Gasteiger partial charge in [-0.1, -0.05) is 24.3 Å². The monoisotopic (exact) mass is 422 g/mol. The van der Waals surface area contributed by atoms with Gasteiger partial charge in [0.2, 0.25) is 0 Å². The summed E-state index contributed by atoms with van der Waals surface area (Å²) in [6.45, 7) is 0.106. The van der Waals surface area contributed by atoms with Crippen LogP contribution in [0.2, 0.25) is 0 Å². The second-order valence-corrected chi connectivity index (χ2v) is 6.30. The number of urea groups is 1. The summed E-state index contributed by atoms with van der Waals surface area (Å²) in [5.41, 5.74) is 1.75. The molecule has 0 unspecified atom stereocenters. The Morgan fingerprint density at radius 2 is 1.70 bits per heavy atom. The average Bonchev–Trinajstić information content (AvgIpc) is 2.79. The lowest BCUT2D eigenvalue weighted by Crippen LogP contribution is -2.30. The molecule has 4 nitrogen and oxygen atoms in total. The number of rotatable bonds is 3. The molecule has 116 valence electrons. The van der Waals surface area contributed by atoms with Gasteiger partial charge in [0.1, 0.15) is 11.5 Å². The Balaban J connectivity index is 1.79. The van der Waals surface area contributed by atoms with Crippen molar-refractivity contribution >= 4 is 40.6 Å². The zero-order valence-electron chi connectivity index (χ0n) is 11.9. The summed E-state index contributed by atoms with van der Waals surface area (Å²) in [6.07, 6.45) is 1.64. The first-order valence-electron chi connectivity index (χ1n) is 6.87. The molecular formula is C17H12FIN2O2. The van der Waals surface area contributed by atoms with E-state index in [1.165, 1.54) is 12.1 Å². The zero-order chi connectivity index (χ0) is 16.4. The number of carbonyl (C=O) groups excluding carboxylic acids is 2. The highest BCUT2D eigenvalue weighted by molar-refractivity contribution is 14.1. The van der Waals surface area contributed by atoms with Crippen LogP contribution in [0.25, 0.3) is 6.08 Å². The second kappa shape index (κ2) is 6.49. The van der Waals surface area contributed by atoms with Crippen LogP contribution in [0.15, 0.2) is 54.2 Å². The van der Waals surface area contributed by atoms with Crippen molar-refractivity contribution in [2.45, 2.75) is 6.54 Å². The maximum Gasteiger partial charge on any atom is 0.329 e. The number of nitrogens with zero attached hydrogens (tertiary/aromatic N) is 1. The van der Waals surface area contributed by atoms with Crippen molar-refractivity contribution < 1.29 is 14.0 Å². The Labute approximate surface area is 146 Å². The van der Waals surface area contributed by atoms with Gasteiger partial charge in [0.05, 0.1) is 6.54 Å². The van der Waals surface area contributed by atoms with E-state index < -0.39 is 11.9 Å². The summed E-state index contributed by atoms with van der Waals surface area (Å²) in [7, 11) is 0. The predicted octanol–water partition coefficient (Wildman–Crippen LogP) is 3.52. The van der Waals surface area contributed by atoms with Crippen molar-refractivity contribution in [3.8, 4) is 0 Å². The van der Waals surface area contributed by atoms with Crippen molar-refractivity contribution in [1.82, 2.24) is 10.2 Å². The minimum atomic E-state index is -0.476. The minimum Gasteiger partial charge on any atom is -0.303 e. The molecule has 1 N–H and O–H groups in total. The van der Waals surface area contributed by atoms with Gasteiger partial charge in [-0.15, -0.1) is 0 Å². The molecule has 0 radical (unpaired) electrons. The molecule has 0 aliphatic carbocycles. The molecule has 1 aliphatic rings. The molecule has 0 aromatic heterocycles. The van der Waals surface area contributed by atoms with Gasteiger partial charge in [-0.2, -0.15) is 0 Å². The highest BCUT2D eigenvalue weighted by atomic mass is 127. The largest absolute Gasteiger partial charge is 0.329 e. The van der Waals surface area contributed by atoms with E-state index in [-0.39, 0.29) is 18.1 Å². The molecule has 23 heavy (non-hydrogen) atoms. The van der Waals surface area contributed by atoms with E-state index in [4.69, 9.17) is 0 Å². The molecule has 0 bridgehead atoms. The van der Waals surface area contributed by atoms with Gasteiger partial charge in [0.25, 0.3) is 5.91 Å². The average molecular weight is 422 g/mol. The number of imide groups is 1. The van der Waals surface area contributed by atoms with Gasteiger partial charge in [-0.05, 0) is 64.1 Å². The van der Waals surface area contributed by atoms with Gasteiger partial charge in [0, 0.05) is 3.57 Å². The molecule has 1 aliphatic heterocycles. The maximum absolute atomic E-state index is 12.9. The number of halogens is 2. The lowest BCUT2D eigenvalue weighted by atomic mass is 10.2. The summed E-state index contributed by atoms with van der Waals surface area (Å²) < 4.78 is 14.0.